The first-order chi connectivity index (χ1) is 9.99. The molecule has 0 aliphatic rings. The lowest BCUT2D eigenvalue weighted by molar-refractivity contribution is 0.0634. The maximum atomic E-state index is 12.1. The molecule has 0 radical (unpaired) electrons. The number of amides is 1. The molecule has 8 nitrogen and oxygen atoms in total. The first kappa shape index (κ1) is 18.0. The minimum Gasteiger partial charge on any atom is -0.444 e. The van der Waals surface area contributed by atoms with E-state index in [0.29, 0.717) is 0 Å². The third-order valence-electron chi connectivity index (χ3n) is 2.68. The molecule has 1 aromatic rings. The molecule has 1 aromatic heterocycles. The molecular formula is C13H18ClN3O5. The molecule has 1 rings (SSSR count). The number of halogens is 1. The monoisotopic (exact) mass is 331 g/mol. The zero-order chi connectivity index (χ0) is 17.2. The number of hydrogen-bond acceptors (Lipinski definition) is 5. The van der Waals surface area contributed by atoms with Gasteiger partial charge >= 0.3 is 11.8 Å². The predicted octanol–water partition coefficient (Wildman–Crippen LogP) is 0.853. The van der Waals surface area contributed by atoms with Gasteiger partial charge in [-0.1, -0.05) is 0 Å². The molecule has 1 amide bonds. The maximum absolute atomic E-state index is 12.1. The van der Waals surface area contributed by atoms with E-state index in [1.165, 1.54) is 14.1 Å². The quantitative estimate of drug-likeness (QED) is 0.654. The van der Waals surface area contributed by atoms with Gasteiger partial charge in [0.25, 0.3) is 5.56 Å². The number of hydrogen-bond donors (Lipinski definition) is 1. The topological polar surface area (TPSA) is 99.4 Å². The van der Waals surface area contributed by atoms with Gasteiger partial charge in [-0.25, -0.2) is 9.59 Å². The minimum atomic E-state index is -0.889. The fourth-order valence-electron chi connectivity index (χ4n) is 1.71. The van der Waals surface area contributed by atoms with Crippen LogP contribution < -0.4 is 16.6 Å². The molecule has 0 atom stereocenters. The summed E-state index contributed by atoms with van der Waals surface area (Å²) >= 11 is 5.49. The Morgan fingerprint density at radius 2 is 1.73 bits per heavy atom. The van der Waals surface area contributed by atoms with Crippen molar-refractivity contribution in [1.82, 2.24) is 9.13 Å². The predicted molar refractivity (Wildman–Crippen MR) is 81.8 cm³/mol. The average molecular weight is 332 g/mol. The number of ether oxygens (including phenoxy) is 1. The summed E-state index contributed by atoms with van der Waals surface area (Å²) in [6, 6.07) is 0. The van der Waals surface area contributed by atoms with Crippen LogP contribution in [-0.2, 0) is 18.8 Å². The van der Waals surface area contributed by atoms with Gasteiger partial charge in [-0.2, -0.15) is 0 Å². The molecule has 1 N–H and O–H groups in total. The second-order valence-corrected chi connectivity index (χ2v) is 5.88. The van der Waals surface area contributed by atoms with Crippen molar-refractivity contribution in [2.75, 3.05) is 11.2 Å². The molecule has 0 saturated heterocycles. The summed E-state index contributed by atoms with van der Waals surface area (Å²) in [5, 5.41) is 2.27. The summed E-state index contributed by atoms with van der Waals surface area (Å²) in [5.41, 5.74) is -2.67. The normalized spacial score (nSPS) is 11.2. The number of carbonyl (C=O) groups excluding carboxylic acids is 2. The van der Waals surface area contributed by atoms with E-state index < -0.39 is 34.6 Å². The van der Waals surface area contributed by atoms with Crippen LogP contribution in [0.1, 0.15) is 31.1 Å². The Balaban J connectivity index is 3.46. The fraction of sp³-hybridized carbons (Fsp3) is 0.538. The molecule has 0 bridgehead atoms. The highest BCUT2D eigenvalue weighted by Gasteiger charge is 2.24. The molecule has 1 heterocycles. The van der Waals surface area contributed by atoms with Crippen LogP contribution in [0.2, 0.25) is 0 Å². The Kier molecular flexibility index (Phi) is 5.18. The fourth-order valence-corrected chi connectivity index (χ4v) is 1.84. The second-order valence-electron chi connectivity index (χ2n) is 5.61. The summed E-state index contributed by atoms with van der Waals surface area (Å²) in [4.78, 5) is 47.8. The first-order valence-corrected chi connectivity index (χ1v) is 6.92. The smallest absolute Gasteiger partial charge is 0.413 e. The van der Waals surface area contributed by atoms with Crippen LogP contribution >= 0.6 is 11.6 Å². The van der Waals surface area contributed by atoms with Gasteiger partial charge in [0.05, 0.1) is 5.88 Å². The highest BCUT2D eigenvalue weighted by molar-refractivity contribution is 6.31. The Labute approximate surface area is 131 Å². The number of nitrogens with one attached hydrogen (secondary N) is 1. The van der Waals surface area contributed by atoms with Crippen LogP contribution in [0, 0.1) is 0 Å². The average Bonchev–Trinajstić information content (AvgIpc) is 2.40. The van der Waals surface area contributed by atoms with Gasteiger partial charge in [0.1, 0.15) is 17.0 Å². The van der Waals surface area contributed by atoms with E-state index in [1.807, 2.05) is 0 Å². The van der Waals surface area contributed by atoms with E-state index in [2.05, 4.69) is 5.32 Å². The minimum absolute atomic E-state index is 0.243. The van der Waals surface area contributed by atoms with Gasteiger partial charge < -0.3 is 4.74 Å². The molecule has 0 fully saturated rings. The standard InChI is InChI=1S/C13H18ClN3O5/c1-13(2,3)22-11(20)15-9-8(7(18)6-14)10(19)17(5)12(21)16(9)4/h6H2,1-5H3,(H,15,20). The zero-order valence-electron chi connectivity index (χ0n) is 13.0. The number of aromatic nitrogens is 2. The number of anilines is 1. The molecular weight excluding hydrogens is 314 g/mol. The molecule has 0 aromatic carbocycles. The van der Waals surface area contributed by atoms with Gasteiger partial charge in [0, 0.05) is 14.1 Å². The number of Topliss-reactive ketones (excluding diaryl/α,β-unsaturated/α-hetero) is 1. The highest BCUT2D eigenvalue weighted by Crippen LogP contribution is 2.13. The summed E-state index contributed by atoms with van der Waals surface area (Å²) in [6.45, 7) is 4.96. The Morgan fingerprint density at radius 1 is 1.18 bits per heavy atom. The summed E-state index contributed by atoms with van der Waals surface area (Å²) < 4.78 is 6.80. The van der Waals surface area contributed by atoms with E-state index in [-0.39, 0.29) is 11.4 Å². The number of ketones is 1. The summed E-state index contributed by atoms with van der Waals surface area (Å²) in [6.07, 6.45) is -0.889. The summed E-state index contributed by atoms with van der Waals surface area (Å²) in [5.74, 6) is -1.41. The molecule has 22 heavy (non-hydrogen) atoms. The van der Waals surface area contributed by atoms with Crippen molar-refractivity contribution in [3.05, 3.63) is 26.4 Å². The largest absolute Gasteiger partial charge is 0.444 e. The SMILES string of the molecule is Cn1c(NC(=O)OC(C)(C)C)c(C(=O)CCl)c(=O)n(C)c1=O. The number of carbonyl (C=O) groups is 2. The van der Waals surface area contributed by atoms with Crippen molar-refractivity contribution >= 4 is 29.3 Å². The number of nitrogens with zero attached hydrogens (tertiary/aromatic N) is 2. The van der Waals surface area contributed by atoms with E-state index in [0.717, 1.165) is 9.13 Å². The van der Waals surface area contributed by atoms with E-state index in [1.54, 1.807) is 20.8 Å². The van der Waals surface area contributed by atoms with Crippen molar-refractivity contribution in [1.29, 1.82) is 0 Å². The van der Waals surface area contributed by atoms with Gasteiger partial charge in [-0.15, -0.1) is 11.6 Å². The molecule has 9 heteroatoms. The molecule has 0 aliphatic carbocycles. The molecule has 0 aliphatic heterocycles. The Morgan fingerprint density at radius 3 is 2.18 bits per heavy atom. The lowest BCUT2D eigenvalue weighted by Gasteiger charge is -2.21. The first-order valence-electron chi connectivity index (χ1n) is 6.38. The number of alkyl halides is 1. The lowest BCUT2D eigenvalue weighted by atomic mass is 10.2. The third kappa shape index (κ3) is 3.76. The molecule has 0 unspecified atom stereocenters. The highest BCUT2D eigenvalue weighted by atomic mass is 35.5. The molecule has 0 saturated carbocycles. The third-order valence-corrected chi connectivity index (χ3v) is 2.93. The van der Waals surface area contributed by atoms with Crippen molar-refractivity contribution in [2.24, 2.45) is 14.1 Å². The molecule has 0 spiro atoms. The van der Waals surface area contributed by atoms with Gasteiger partial charge in [0.15, 0.2) is 5.78 Å². The van der Waals surface area contributed by atoms with Gasteiger partial charge in [-0.05, 0) is 20.8 Å². The van der Waals surface area contributed by atoms with E-state index in [9.17, 15) is 19.2 Å². The Hall–Kier alpha value is -2.09. The van der Waals surface area contributed by atoms with Gasteiger partial charge in [-0.3, -0.25) is 24.0 Å². The second kappa shape index (κ2) is 6.35. The van der Waals surface area contributed by atoms with Crippen LogP contribution in [-0.4, -0.2) is 32.5 Å². The van der Waals surface area contributed by atoms with Crippen molar-refractivity contribution in [2.45, 2.75) is 26.4 Å². The molecule has 122 valence electrons. The van der Waals surface area contributed by atoms with Crippen molar-refractivity contribution in [3.63, 3.8) is 0 Å². The Bertz CT molecular complexity index is 727. The van der Waals surface area contributed by atoms with Gasteiger partial charge in [0.2, 0.25) is 0 Å². The van der Waals surface area contributed by atoms with Crippen LogP contribution in [0.15, 0.2) is 9.59 Å². The maximum Gasteiger partial charge on any atom is 0.413 e. The zero-order valence-corrected chi connectivity index (χ0v) is 13.8. The van der Waals surface area contributed by atoms with Crippen LogP contribution in [0.3, 0.4) is 0 Å². The van der Waals surface area contributed by atoms with Crippen molar-refractivity contribution < 1.29 is 14.3 Å². The van der Waals surface area contributed by atoms with Crippen LogP contribution in [0.5, 0.6) is 0 Å². The van der Waals surface area contributed by atoms with E-state index >= 15 is 0 Å². The van der Waals surface area contributed by atoms with Crippen molar-refractivity contribution in [3.8, 4) is 0 Å². The summed E-state index contributed by atoms with van der Waals surface area (Å²) in [7, 11) is 2.55. The van der Waals surface area contributed by atoms with Crippen LogP contribution in [0.25, 0.3) is 0 Å². The van der Waals surface area contributed by atoms with E-state index in [4.69, 9.17) is 16.3 Å². The lowest BCUT2D eigenvalue weighted by Crippen LogP contribution is -2.42. The van der Waals surface area contributed by atoms with Crippen LogP contribution in [0.4, 0.5) is 10.6 Å². The number of rotatable bonds is 3.